The summed E-state index contributed by atoms with van der Waals surface area (Å²) in [6.45, 7) is 9.95. The molecule has 0 aliphatic rings. The van der Waals surface area contributed by atoms with E-state index in [0.29, 0.717) is 18.0 Å². The lowest BCUT2D eigenvalue weighted by atomic mass is 10.2. The standard InChI is InChI=1S/C22H29N3O3/c1-5-24(6-2)19-10-8-18(9-11-19)23-22(27)16-25(17(4)26)20-12-14-21(15-13-20)28-7-3/h8-15H,5-7,16H2,1-4H3,(H,23,27). The zero-order chi connectivity index (χ0) is 20.5. The number of benzene rings is 2. The molecular formula is C22H29N3O3. The van der Waals surface area contributed by atoms with Gasteiger partial charge in [-0.05, 0) is 69.3 Å². The molecule has 0 heterocycles. The molecule has 0 spiro atoms. The second-order valence-electron chi connectivity index (χ2n) is 6.30. The third-order valence-corrected chi connectivity index (χ3v) is 4.42. The number of nitrogens with one attached hydrogen (secondary N) is 1. The topological polar surface area (TPSA) is 61.9 Å². The van der Waals surface area contributed by atoms with Gasteiger partial charge >= 0.3 is 0 Å². The van der Waals surface area contributed by atoms with Crippen molar-refractivity contribution < 1.29 is 14.3 Å². The van der Waals surface area contributed by atoms with Crippen LogP contribution in [-0.2, 0) is 9.59 Å². The molecule has 0 aromatic heterocycles. The average molecular weight is 383 g/mol. The molecule has 0 fully saturated rings. The number of hydrogen-bond acceptors (Lipinski definition) is 4. The summed E-state index contributed by atoms with van der Waals surface area (Å²) in [4.78, 5) is 28.2. The van der Waals surface area contributed by atoms with Crippen molar-refractivity contribution in [3.8, 4) is 5.75 Å². The van der Waals surface area contributed by atoms with Gasteiger partial charge in [-0.3, -0.25) is 9.59 Å². The molecule has 28 heavy (non-hydrogen) atoms. The van der Waals surface area contributed by atoms with E-state index in [1.807, 2.05) is 31.2 Å². The van der Waals surface area contributed by atoms with Gasteiger partial charge < -0.3 is 19.9 Å². The lowest BCUT2D eigenvalue weighted by molar-refractivity contribution is -0.120. The number of nitrogens with zero attached hydrogens (tertiary/aromatic N) is 2. The minimum Gasteiger partial charge on any atom is -0.494 e. The third-order valence-electron chi connectivity index (χ3n) is 4.42. The first-order chi connectivity index (χ1) is 13.5. The Bertz CT molecular complexity index is 769. The van der Waals surface area contributed by atoms with Crippen molar-refractivity contribution in [3.63, 3.8) is 0 Å². The number of carbonyl (C=O) groups is 2. The summed E-state index contributed by atoms with van der Waals surface area (Å²) >= 11 is 0. The summed E-state index contributed by atoms with van der Waals surface area (Å²) in [5, 5.41) is 2.85. The van der Waals surface area contributed by atoms with E-state index < -0.39 is 0 Å². The van der Waals surface area contributed by atoms with Crippen LogP contribution in [0, 0.1) is 0 Å². The summed E-state index contributed by atoms with van der Waals surface area (Å²) in [7, 11) is 0. The van der Waals surface area contributed by atoms with Gasteiger partial charge in [-0.15, -0.1) is 0 Å². The average Bonchev–Trinajstić information content (AvgIpc) is 2.69. The van der Waals surface area contributed by atoms with Gasteiger partial charge in [0.1, 0.15) is 12.3 Å². The minimum absolute atomic E-state index is 0.0545. The first kappa shape index (κ1) is 21.3. The smallest absolute Gasteiger partial charge is 0.244 e. The Kier molecular flexibility index (Phi) is 7.87. The molecule has 6 nitrogen and oxygen atoms in total. The van der Waals surface area contributed by atoms with Crippen LogP contribution in [0.1, 0.15) is 27.7 Å². The van der Waals surface area contributed by atoms with E-state index in [4.69, 9.17) is 4.74 Å². The van der Waals surface area contributed by atoms with Crippen LogP contribution in [0.4, 0.5) is 17.1 Å². The highest BCUT2D eigenvalue weighted by Crippen LogP contribution is 2.21. The number of amides is 2. The molecule has 0 saturated heterocycles. The van der Waals surface area contributed by atoms with Crippen LogP contribution in [0.5, 0.6) is 5.75 Å². The van der Waals surface area contributed by atoms with Crippen molar-refractivity contribution in [1.29, 1.82) is 0 Å². The molecule has 0 aliphatic carbocycles. The van der Waals surface area contributed by atoms with Crippen LogP contribution in [-0.4, -0.2) is 38.1 Å². The zero-order valence-electron chi connectivity index (χ0n) is 17.1. The summed E-state index contributed by atoms with van der Waals surface area (Å²) in [6, 6.07) is 14.9. The number of anilines is 3. The van der Waals surface area contributed by atoms with E-state index in [1.165, 1.54) is 11.8 Å². The lowest BCUT2D eigenvalue weighted by Gasteiger charge is -2.22. The maximum atomic E-state index is 12.5. The maximum Gasteiger partial charge on any atom is 0.244 e. The number of hydrogen-bond donors (Lipinski definition) is 1. The van der Waals surface area contributed by atoms with Crippen molar-refractivity contribution in [2.75, 3.05) is 41.4 Å². The van der Waals surface area contributed by atoms with Gasteiger partial charge in [-0.2, -0.15) is 0 Å². The van der Waals surface area contributed by atoms with E-state index in [9.17, 15) is 9.59 Å². The second kappa shape index (κ2) is 10.3. The number of carbonyl (C=O) groups excluding carboxylic acids is 2. The highest BCUT2D eigenvalue weighted by atomic mass is 16.5. The normalized spacial score (nSPS) is 10.3. The van der Waals surface area contributed by atoms with E-state index >= 15 is 0 Å². The number of ether oxygens (including phenoxy) is 1. The van der Waals surface area contributed by atoms with Crippen LogP contribution in [0.2, 0.25) is 0 Å². The molecule has 2 rings (SSSR count). The molecule has 6 heteroatoms. The third kappa shape index (κ3) is 5.74. The molecule has 0 aliphatic heterocycles. The van der Waals surface area contributed by atoms with Crippen LogP contribution >= 0.6 is 0 Å². The predicted molar refractivity (Wildman–Crippen MR) is 114 cm³/mol. The summed E-state index contributed by atoms with van der Waals surface area (Å²) in [6.07, 6.45) is 0. The predicted octanol–water partition coefficient (Wildman–Crippen LogP) is 3.92. The lowest BCUT2D eigenvalue weighted by Crippen LogP contribution is -2.36. The SMILES string of the molecule is CCOc1ccc(N(CC(=O)Nc2ccc(N(CC)CC)cc2)C(C)=O)cc1. The van der Waals surface area contributed by atoms with E-state index in [1.54, 1.807) is 24.3 Å². The monoisotopic (exact) mass is 383 g/mol. The van der Waals surface area contributed by atoms with Crippen molar-refractivity contribution in [2.24, 2.45) is 0 Å². The van der Waals surface area contributed by atoms with Gasteiger partial charge in [-0.1, -0.05) is 0 Å². The van der Waals surface area contributed by atoms with Crippen LogP contribution in [0.15, 0.2) is 48.5 Å². The van der Waals surface area contributed by atoms with Crippen LogP contribution in [0.3, 0.4) is 0 Å². The molecule has 0 atom stereocenters. The molecule has 1 N–H and O–H groups in total. The largest absolute Gasteiger partial charge is 0.494 e. The fourth-order valence-corrected chi connectivity index (χ4v) is 2.96. The Morgan fingerprint density at radius 3 is 1.96 bits per heavy atom. The zero-order valence-corrected chi connectivity index (χ0v) is 17.1. The van der Waals surface area contributed by atoms with Gasteiger partial charge in [0.05, 0.1) is 6.61 Å². The van der Waals surface area contributed by atoms with Crippen molar-refractivity contribution >= 4 is 28.9 Å². The fourth-order valence-electron chi connectivity index (χ4n) is 2.96. The first-order valence-corrected chi connectivity index (χ1v) is 9.64. The van der Waals surface area contributed by atoms with Crippen molar-refractivity contribution in [3.05, 3.63) is 48.5 Å². The second-order valence-corrected chi connectivity index (χ2v) is 6.30. The molecule has 0 radical (unpaired) electrons. The maximum absolute atomic E-state index is 12.5. The van der Waals surface area contributed by atoms with Gasteiger partial charge in [0, 0.05) is 37.1 Å². The van der Waals surface area contributed by atoms with Crippen molar-refractivity contribution in [2.45, 2.75) is 27.7 Å². The highest BCUT2D eigenvalue weighted by Gasteiger charge is 2.16. The Hall–Kier alpha value is -3.02. The summed E-state index contributed by atoms with van der Waals surface area (Å²) in [5.41, 5.74) is 2.47. The molecule has 0 saturated carbocycles. The Morgan fingerprint density at radius 1 is 0.893 bits per heavy atom. The van der Waals surface area contributed by atoms with Gasteiger partial charge in [0.2, 0.25) is 11.8 Å². The van der Waals surface area contributed by atoms with Crippen molar-refractivity contribution in [1.82, 2.24) is 0 Å². The van der Waals surface area contributed by atoms with Crippen LogP contribution < -0.4 is 19.9 Å². The molecule has 2 aromatic carbocycles. The number of rotatable bonds is 9. The Labute approximate surface area is 167 Å². The van der Waals surface area contributed by atoms with Gasteiger partial charge in [-0.25, -0.2) is 0 Å². The van der Waals surface area contributed by atoms with E-state index in [-0.39, 0.29) is 18.4 Å². The molecular weight excluding hydrogens is 354 g/mol. The molecule has 0 unspecified atom stereocenters. The Morgan fingerprint density at radius 2 is 1.46 bits per heavy atom. The molecule has 2 amide bonds. The van der Waals surface area contributed by atoms with Crippen LogP contribution in [0.25, 0.3) is 0 Å². The van der Waals surface area contributed by atoms with Gasteiger partial charge in [0.15, 0.2) is 0 Å². The minimum atomic E-state index is -0.250. The van der Waals surface area contributed by atoms with E-state index in [0.717, 1.165) is 24.5 Å². The first-order valence-electron chi connectivity index (χ1n) is 9.64. The van der Waals surface area contributed by atoms with Gasteiger partial charge in [0.25, 0.3) is 0 Å². The Balaban J connectivity index is 2.03. The fraction of sp³-hybridized carbons (Fsp3) is 0.364. The highest BCUT2D eigenvalue weighted by molar-refractivity contribution is 6.01. The quantitative estimate of drug-likeness (QED) is 0.713. The van der Waals surface area contributed by atoms with E-state index in [2.05, 4.69) is 24.1 Å². The molecule has 0 bridgehead atoms. The summed E-state index contributed by atoms with van der Waals surface area (Å²) in [5.74, 6) is 0.281. The molecule has 2 aromatic rings. The summed E-state index contributed by atoms with van der Waals surface area (Å²) < 4.78 is 5.42. The molecule has 150 valence electrons.